The van der Waals surface area contributed by atoms with Gasteiger partial charge in [-0.05, 0) is 35.9 Å². The lowest BCUT2D eigenvalue weighted by atomic mass is 9.90. The van der Waals surface area contributed by atoms with Crippen LogP contribution >= 0.6 is 0 Å². The minimum atomic E-state index is -1.67. The van der Waals surface area contributed by atoms with Crippen molar-refractivity contribution >= 4 is 12.1 Å². The molecule has 0 aliphatic carbocycles. The Labute approximate surface area is 169 Å². The fourth-order valence-electron chi connectivity index (χ4n) is 3.45. The molecule has 152 valence electrons. The molecule has 2 atom stereocenters. The number of carbonyl (C=O) groups excluding carboxylic acids is 2. The summed E-state index contributed by atoms with van der Waals surface area (Å²) >= 11 is 0. The van der Waals surface area contributed by atoms with Crippen molar-refractivity contribution in [1.82, 2.24) is 0 Å². The summed E-state index contributed by atoms with van der Waals surface area (Å²) in [5, 5.41) is 50.6. The van der Waals surface area contributed by atoms with Crippen molar-refractivity contribution in [2.24, 2.45) is 0 Å². The molecule has 3 aromatic carbocycles. The molecule has 2 unspecified atom stereocenters. The van der Waals surface area contributed by atoms with Gasteiger partial charge in [0.05, 0.1) is 0 Å². The Bertz CT molecular complexity index is 1180. The van der Waals surface area contributed by atoms with Gasteiger partial charge in [-0.1, -0.05) is 6.07 Å². The van der Waals surface area contributed by atoms with Crippen molar-refractivity contribution < 1.29 is 39.9 Å². The number of ketones is 1. The maximum Gasteiger partial charge on any atom is 0.202 e. The van der Waals surface area contributed by atoms with Crippen LogP contribution in [0, 0.1) is 0 Å². The first kappa shape index (κ1) is 19.3. The molecule has 3 aromatic rings. The van der Waals surface area contributed by atoms with E-state index in [1.54, 1.807) is 0 Å². The molecular formula is C22H16O8. The van der Waals surface area contributed by atoms with Crippen molar-refractivity contribution in [3.8, 4) is 39.9 Å². The molecule has 0 fully saturated rings. The monoisotopic (exact) mass is 408 g/mol. The van der Waals surface area contributed by atoms with Gasteiger partial charge in [0.15, 0.2) is 12.2 Å². The van der Waals surface area contributed by atoms with Crippen molar-refractivity contribution in [3.63, 3.8) is 0 Å². The van der Waals surface area contributed by atoms with Gasteiger partial charge in [0.2, 0.25) is 5.78 Å². The van der Waals surface area contributed by atoms with Crippen LogP contribution < -0.4 is 4.74 Å². The standard InChI is InChI=1S/C22H16O8/c23-9-10-1-3-15(25)13(5-10)14-6-11(2-4-16(14)26)22-21(29)20(28)19-17(27)7-12(24)8-18(19)30-22/h1-9,21-22,24-27,29H. The van der Waals surface area contributed by atoms with Crippen molar-refractivity contribution in [3.05, 3.63) is 65.2 Å². The van der Waals surface area contributed by atoms with Crippen LogP contribution in [0.25, 0.3) is 11.1 Å². The van der Waals surface area contributed by atoms with E-state index in [0.717, 1.165) is 12.1 Å². The quantitative estimate of drug-likeness (QED) is 0.416. The van der Waals surface area contributed by atoms with Gasteiger partial charge in [0.1, 0.15) is 40.6 Å². The smallest absolute Gasteiger partial charge is 0.202 e. The lowest BCUT2D eigenvalue weighted by Crippen LogP contribution is -2.36. The first-order valence-corrected chi connectivity index (χ1v) is 8.86. The Morgan fingerprint density at radius 2 is 1.50 bits per heavy atom. The van der Waals surface area contributed by atoms with Crippen LogP contribution in [-0.4, -0.2) is 43.7 Å². The van der Waals surface area contributed by atoms with Gasteiger partial charge in [-0.15, -0.1) is 0 Å². The summed E-state index contributed by atoms with van der Waals surface area (Å²) in [5.41, 5.74) is 0.643. The van der Waals surface area contributed by atoms with Crippen molar-refractivity contribution in [1.29, 1.82) is 0 Å². The van der Waals surface area contributed by atoms with Gasteiger partial charge in [-0.25, -0.2) is 0 Å². The summed E-state index contributed by atoms with van der Waals surface area (Å²) in [7, 11) is 0. The maximum atomic E-state index is 12.6. The molecule has 0 spiro atoms. The Morgan fingerprint density at radius 1 is 0.833 bits per heavy atom. The lowest BCUT2D eigenvalue weighted by Gasteiger charge is -2.30. The van der Waals surface area contributed by atoms with E-state index in [-0.39, 0.29) is 50.8 Å². The van der Waals surface area contributed by atoms with Crippen LogP contribution in [-0.2, 0) is 0 Å². The van der Waals surface area contributed by atoms with Crippen LogP contribution in [0.15, 0.2) is 48.5 Å². The molecule has 0 radical (unpaired) electrons. The number of Topliss-reactive ketones (excluding diaryl/α,β-unsaturated/α-hetero) is 1. The molecule has 1 aliphatic rings. The topological polar surface area (TPSA) is 145 Å². The maximum absolute atomic E-state index is 12.6. The predicted molar refractivity (Wildman–Crippen MR) is 104 cm³/mol. The van der Waals surface area contributed by atoms with E-state index in [1.165, 1.54) is 36.4 Å². The number of ether oxygens (including phenoxy) is 1. The van der Waals surface area contributed by atoms with Gasteiger partial charge >= 0.3 is 0 Å². The van der Waals surface area contributed by atoms with Crippen molar-refractivity contribution in [2.45, 2.75) is 12.2 Å². The number of hydrogen-bond acceptors (Lipinski definition) is 8. The fraction of sp³-hybridized carbons (Fsp3) is 0.0909. The highest BCUT2D eigenvalue weighted by molar-refractivity contribution is 6.05. The highest BCUT2D eigenvalue weighted by atomic mass is 16.5. The number of aromatic hydroxyl groups is 4. The Kier molecular flexibility index (Phi) is 4.56. The zero-order valence-electron chi connectivity index (χ0n) is 15.3. The molecular weight excluding hydrogens is 392 g/mol. The minimum Gasteiger partial charge on any atom is -0.508 e. The summed E-state index contributed by atoms with van der Waals surface area (Å²) in [6, 6.07) is 10.4. The lowest BCUT2D eigenvalue weighted by molar-refractivity contribution is 0.0211. The summed E-state index contributed by atoms with van der Waals surface area (Å²) in [5.74, 6) is -2.13. The molecule has 4 rings (SSSR count). The zero-order chi connectivity index (χ0) is 21.6. The summed E-state index contributed by atoms with van der Waals surface area (Å²) < 4.78 is 5.68. The molecule has 8 nitrogen and oxygen atoms in total. The van der Waals surface area contributed by atoms with Gasteiger partial charge in [0.25, 0.3) is 0 Å². The third kappa shape index (κ3) is 3.09. The zero-order valence-corrected chi connectivity index (χ0v) is 15.3. The Hall–Kier alpha value is -4.04. The minimum absolute atomic E-state index is 0.103. The predicted octanol–water partition coefficient (Wildman–Crippen LogP) is 2.67. The second-order valence-corrected chi connectivity index (χ2v) is 6.86. The first-order chi connectivity index (χ1) is 14.3. The fourth-order valence-corrected chi connectivity index (χ4v) is 3.45. The van der Waals surface area contributed by atoms with Crippen LogP contribution in [0.5, 0.6) is 28.7 Å². The molecule has 0 aromatic heterocycles. The van der Waals surface area contributed by atoms with E-state index >= 15 is 0 Å². The third-order valence-corrected chi connectivity index (χ3v) is 4.92. The second-order valence-electron chi connectivity index (χ2n) is 6.86. The molecule has 5 N–H and O–H groups in total. The van der Waals surface area contributed by atoms with E-state index < -0.39 is 23.7 Å². The molecule has 30 heavy (non-hydrogen) atoms. The van der Waals surface area contributed by atoms with Crippen LogP contribution in [0.2, 0.25) is 0 Å². The normalized spacial score (nSPS) is 17.8. The number of hydrogen-bond donors (Lipinski definition) is 5. The molecule has 0 saturated heterocycles. The number of phenolic OH excluding ortho intramolecular Hbond substituents is 4. The van der Waals surface area contributed by atoms with E-state index in [9.17, 15) is 35.1 Å². The Balaban J connectivity index is 1.81. The molecule has 0 amide bonds. The SMILES string of the molecule is O=Cc1ccc(O)c(-c2cc(C3Oc4cc(O)cc(O)c4C(=O)C3O)ccc2O)c1. The molecule has 8 heteroatoms. The summed E-state index contributed by atoms with van der Waals surface area (Å²) in [6.07, 6.45) is -2.28. The van der Waals surface area contributed by atoms with E-state index in [4.69, 9.17) is 4.74 Å². The van der Waals surface area contributed by atoms with E-state index in [2.05, 4.69) is 0 Å². The van der Waals surface area contributed by atoms with Crippen LogP contribution in [0.1, 0.15) is 32.4 Å². The first-order valence-electron chi connectivity index (χ1n) is 8.86. The average molecular weight is 408 g/mol. The summed E-state index contributed by atoms with van der Waals surface area (Å²) in [6.45, 7) is 0. The molecule has 1 heterocycles. The molecule has 1 aliphatic heterocycles. The summed E-state index contributed by atoms with van der Waals surface area (Å²) in [4.78, 5) is 23.7. The molecule has 0 saturated carbocycles. The number of aliphatic hydroxyl groups is 1. The van der Waals surface area contributed by atoms with Gasteiger partial charge in [-0.2, -0.15) is 0 Å². The van der Waals surface area contributed by atoms with Crippen LogP contribution in [0.3, 0.4) is 0 Å². The third-order valence-electron chi connectivity index (χ3n) is 4.92. The highest BCUT2D eigenvalue weighted by Gasteiger charge is 2.39. The number of aldehydes is 1. The highest BCUT2D eigenvalue weighted by Crippen LogP contribution is 2.44. The van der Waals surface area contributed by atoms with Gasteiger partial charge in [-0.3, -0.25) is 9.59 Å². The number of phenols is 4. The van der Waals surface area contributed by atoms with Gasteiger partial charge < -0.3 is 30.3 Å². The number of rotatable bonds is 3. The molecule has 0 bridgehead atoms. The number of fused-ring (bicyclic) bond motifs is 1. The average Bonchev–Trinajstić information content (AvgIpc) is 2.71. The van der Waals surface area contributed by atoms with Crippen LogP contribution in [0.4, 0.5) is 0 Å². The second kappa shape index (κ2) is 7.09. The Morgan fingerprint density at radius 3 is 2.20 bits per heavy atom. The van der Waals surface area contributed by atoms with Crippen molar-refractivity contribution in [2.75, 3.05) is 0 Å². The number of aliphatic hydroxyl groups excluding tert-OH is 1. The largest absolute Gasteiger partial charge is 0.508 e. The number of carbonyl (C=O) groups is 2. The van der Waals surface area contributed by atoms with Gasteiger partial charge in [0, 0.05) is 28.8 Å². The number of benzene rings is 3. The van der Waals surface area contributed by atoms with E-state index in [1.807, 2.05) is 0 Å². The van der Waals surface area contributed by atoms with E-state index in [0.29, 0.717) is 6.29 Å².